The molecule has 0 saturated heterocycles. The molecule has 0 heterocycles. The predicted molar refractivity (Wildman–Crippen MR) is 210 cm³/mol. The van der Waals surface area contributed by atoms with Crippen LogP contribution in [0.25, 0.3) is 0 Å². The van der Waals surface area contributed by atoms with Crippen LogP contribution in [-0.2, 0) is 25.7 Å². The number of benzene rings is 6. The number of para-hydroxylation sites is 2. The Labute approximate surface area is 301 Å². The zero-order valence-corrected chi connectivity index (χ0v) is 29.9. The summed E-state index contributed by atoms with van der Waals surface area (Å²) >= 11 is 10.2. The van der Waals surface area contributed by atoms with Gasteiger partial charge in [0.1, 0.15) is 0 Å². The number of fused-ring (bicyclic) bond motifs is 2. The molecule has 0 spiro atoms. The van der Waals surface area contributed by atoms with Crippen LogP contribution in [0.2, 0.25) is 0 Å². The molecule has 2 aliphatic rings. The molecule has 231 valence electrons. The van der Waals surface area contributed by atoms with Crippen LogP contribution in [0, 0.1) is 0 Å². The van der Waals surface area contributed by atoms with Gasteiger partial charge in [0.2, 0.25) is 0 Å². The molecule has 0 amide bonds. The Hall–Kier alpha value is -3.91. The van der Waals surface area contributed by atoms with Crippen molar-refractivity contribution in [1.29, 1.82) is 0 Å². The minimum atomic E-state index is 1.09. The molecular weight excluding hydrogens is 725 g/mol. The second kappa shape index (κ2) is 15.8. The minimum Gasteiger partial charge on any atom is -0.310 e. The normalized spacial score (nSPS) is 11.9. The van der Waals surface area contributed by atoms with Crippen molar-refractivity contribution in [3.8, 4) is 0 Å². The summed E-state index contributed by atoms with van der Waals surface area (Å²) in [5.41, 5.74) is 13.1. The van der Waals surface area contributed by atoms with Crippen molar-refractivity contribution in [2.24, 2.45) is 4.30 Å². The summed E-state index contributed by atoms with van der Waals surface area (Å²) < 4.78 is 4.88. The Balaban J connectivity index is 0.000000152. The van der Waals surface area contributed by atoms with E-state index in [1.807, 2.05) is 0 Å². The van der Waals surface area contributed by atoms with E-state index in [-0.39, 0.29) is 0 Å². The number of rotatable bonds is 6. The monoisotopic (exact) mass is 756 g/mol. The van der Waals surface area contributed by atoms with Crippen molar-refractivity contribution in [1.82, 2.24) is 0 Å². The third-order valence-electron chi connectivity index (χ3n) is 8.42. The summed E-state index contributed by atoms with van der Waals surface area (Å²) in [6.07, 6.45) is 4.84. The summed E-state index contributed by atoms with van der Waals surface area (Å²) in [4.78, 5) is 4.62. The molecule has 0 atom stereocenters. The Morgan fingerprint density at radius 1 is 0.426 bits per heavy atom. The fourth-order valence-electron chi connectivity index (χ4n) is 5.87. The zero-order valence-electron chi connectivity index (χ0n) is 25.8. The molecule has 0 aliphatic heterocycles. The molecule has 0 aromatic heterocycles. The van der Waals surface area contributed by atoms with Gasteiger partial charge < -0.3 is 9.80 Å². The molecule has 6 aromatic rings. The quantitative estimate of drug-likeness (QED) is 0.135. The van der Waals surface area contributed by atoms with E-state index in [1.54, 1.807) is 0 Å². The number of hydrogen-bond acceptors (Lipinski definition) is 4. The summed E-state index contributed by atoms with van der Waals surface area (Å²) in [6.45, 7) is 0. The first-order valence-electron chi connectivity index (χ1n) is 15.5. The maximum absolute atomic E-state index is 4.34. The summed E-state index contributed by atoms with van der Waals surface area (Å²) in [5.74, 6) is 0. The first-order chi connectivity index (χ1) is 23.0. The van der Waals surface area contributed by atoms with Gasteiger partial charge in [-0.2, -0.15) is 0 Å². The molecule has 0 unspecified atom stereocenters. The van der Waals surface area contributed by atoms with E-state index in [4.69, 9.17) is 0 Å². The topological polar surface area (TPSA) is 18.8 Å². The molecule has 0 fully saturated rings. The van der Waals surface area contributed by atoms with Gasteiger partial charge in [-0.15, -0.1) is 0 Å². The first kappa shape index (κ1) is 33.0. The second-order valence-corrected chi connectivity index (χ2v) is 13.4. The molecule has 0 bridgehead atoms. The Morgan fingerprint density at radius 3 is 1.02 bits per heavy atom. The molecule has 6 aromatic carbocycles. The molecule has 8 rings (SSSR count). The van der Waals surface area contributed by atoms with E-state index in [9.17, 15) is 0 Å². The van der Waals surface area contributed by atoms with Crippen LogP contribution in [0.4, 0.5) is 34.1 Å². The van der Waals surface area contributed by atoms with E-state index in [0.717, 1.165) is 20.3 Å². The Bertz CT molecular complexity index is 1850. The van der Waals surface area contributed by atoms with E-state index < -0.39 is 0 Å². The summed E-state index contributed by atoms with van der Waals surface area (Å²) in [5, 5.41) is 0. The van der Waals surface area contributed by atoms with Crippen molar-refractivity contribution in [3.63, 3.8) is 0 Å². The van der Waals surface area contributed by atoms with Gasteiger partial charge in [-0.1, -0.05) is 80.4 Å². The van der Waals surface area contributed by atoms with E-state index in [2.05, 4.69) is 212 Å². The average Bonchev–Trinajstić information content (AvgIpc) is 3.07. The number of nitrogens with zero attached hydrogens (tertiary/aromatic N) is 3. The fourth-order valence-corrected chi connectivity index (χ4v) is 6.40. The van der Waals surface area contributed by atoms with Crippen LogP contribution in [0.1, 0.15) is 22.3 Å². The molecule has 1 radical (unpaired) electrons. The van der Waals surface area contributed by atoms with Crippen LogP contribution in [0.5, 0.6) is 0 Å². The zero-order chi connectivity index (χ0) is 32.6. The number of aryl methyl sites for hydroxylation is 4. The number of anilines is 6. The van der Waals surface area contributed by atoms with E-state index in [1.165, 1.54) is 70.7 Å². The van der Waals surface area contributed by atoms with Gasteiger partial charge >= 0.3 is 24.8 Å². The number of thiol groups is 1. The molecule has 47 heavy (non-hydrogen) atoms. The number of halogens is 2. The SMILES string of the molecule is Brc1ccc(N(c2ccc(Br)cc2)c2ccc3c(c2)CC3)cc1.[B]=NS.c1ccc(N(c2ccccc2)c2ccc3c(c2)CC3)cc1. The molecule has 0 N–H and O–H groups in total. The Morgan fingerprint density at radius 2 is 0.723 bits per heavy atom. The van der Waals surface area contributed by atoms with Crippen LogP contribution >= 0.6 is 44.7 Å². The summed E-state index contributed by atoms with van der Waals surface area (Å²) in [7, 11) is 4.34. The van der Waals surface area contributed by atoms with Gasteiger partial charge in [-0.25, -0.2) is 0 Å². The standard InChI is InChI=1S/C20H15Br2N.C20H17N.BHNS/c21-16-4-9-18(10-5-16)23(19-11-6-17(22)7-12-19)20-8-3-14-1-2-15(14)13-20;1-3-7-18(8-4-1)21(19-9-5-2-6-10-19)20-14-13-16-11-12-17(16)15-20;1-2-3/h3-13H,1-2H2;1-10,13-15H,11-12H2;3H. The van der Waals surface area contributed by atoms with Crippen LogP contribution in [0.3, 0.4) is 0 Å². The van der Waals surface area contributed by atoms with Gasteiger partial charge in [0, 0.05) is 43.1 Å². The van der Waals surface area contributed by atoms with Gasteiger partial charge in [-0.05, 0) is 145 Å². The fraction of sp³-hybridized carbons (Fsp3) is 0.100. The predicted octanol–water partition coefficient (Wildman–Crippen LogP) is 12.2. The van der Waals surface area contributed by atoms with Crippen LogP contribution in [-0.4, -0.2) is 7.64 Å². The molecule has 0 saturated carbocycles. The van der Waals surface area contributed by atoms with Crippen LogP contribution in [0.15, 0.2) is 159 Å². The van der Waals surface area contributed by atoms with Gasteiger partial charge in [-0.3, -0.25) is 0 Å². The van der Waals surface area contributed by atoms with Crippen LogP contribution < -0.4 is 9.80 Å². The van der Waals surface area contributed by atoms with Gasteiger partial charge in [0.15, 0.2) is 0 Å². The maximum atomic E-state index is 4.34. The average molecular weight is 758 g/mol. The largest absolute Gasteiger partial charge is 0.310 e. The van der Waals surface area contributed by atoms with Gasteiger partial charge in [0.25, 0.3) is 0 Å². The van der Waals surface area contributed by atoms with Crippen molar-refractivity contribution in [3.05, 3.63) is 177 Å². The third-order valence-corrected chi connectivity index (χ3v) is 9.48. The van der Waals surface area contributed by atoms with E-state index >= 15 is 0 Å². The molecule has 2 aliphatic carbocycles. The minimum absolute atomic E-state index is 1.09. The second-order valence-electron chi connectivity index (χ2n) is 11.3. The first-order valence-corrected chi connectivity index (χ1v) is 17.5. The van der Waals surface area contributed by atoms with E-state index in [0.29, 0.717) is 0 Å². The van der Waals surface area contributed by atoms with Crippen molar-refractivity contribution >= 4 is 86.4 Å². The molecule has 7 heteroatoms. The smallest absolute Gasteiger partial charge is 0.0464 e. The summed E-state index contributed by atoms with van der Waals surface area (Å²) in [6, 6.07) is 51.7. The van der Waals surface area contributed by atoms with Crippen molar-refractivity contribution < 1.29 is 0 Å². The molecular formula is C40H33BBr2N3S. The molecule has 3 nitrogen and oxygen atoms in total. The third kappa shape index (κ3) is 7.98. The van der Waals surface area contributed by atoms with Crippen molar-refractivity contribution in [2.45, 2.75) is 25.7 Å². The number of hydrogen-bond donors (Lipinski definition) is 1. The maximum Gasteiger partial charge on any atom is 0.0464 e. The van der Waals surface area contributed by atoms with Crippen molar-refractivity contribution in [2.75, 3.05) is 9.80 Å². The Kier molecular flexibility index (Phi) is 11.1. The van der Waals surface area contributed by atoms with Gasteiger partial charge in [0.05, 0.1) is 0 Å².